The largest absolute Gasteiger partial charge is 0.339 e. The number of halogens is 1. The minimum absolute atomic E-state index is 0.121. The Kier molecular flexibility index (Phi) is 7.61. The number of nitrogens with one attached hydrogen (secondary N) is 1. The normalized spacial score (nSPS) is 14.7. The van der Waals surface area contributed by atoms with E-state index in [1.807, 2.05) is 4.90 Å². The molecule has 1 aliphatic rings. The van der Waals surface area contributed by atoms with Crippen LogP contribution in [0.3, 0.4) is 0 Å². The lowest BCUT2D eigenvalue weighted by Gasteiger charge is -2.29. The highest BCUT2D eigenvalue weighted by atomic mass is 32.2. The average Bonchev–Trinajstić information content (AvgIpc) is 3.28. The molecule has 1 fully saturated rings. The van der Waals surface area contributed by atoms with Crippen molar-refractivity contribution in [2.24, 2.45) is 0 Å². The highest BCUT2D eigenvalue weighted by Crippen LogP contribution is 2.25. The number of rotatable bonds is 9. The van der Waals surface area contributed by atoms with Gasteiger partial charge in [-0.25, -0.2) is 17.5 Å². The lowest BCUT2D eigenvalue weighted by Crippen LogP contribution is -2.40. The molecule has 1 amide bonds. The number of hydrogen-bond acceptors (Lipinski definition) is 3. The molecule has 5 nitrogen and oxygen atoms in total. The molecule has 30 heavy (non-hydrogen) atoms. The van der Waals surface area contributed by atoms with E-state index in [1.165, 1.54) is 19.2 Å². The van der Waals surface area contributed by atoms with E-state index in [4.69, 9.17) is 0 Å². The Morgan fingerprint density at radius 3 is 2.17 bits per heavy atom. The number of aryl methyl sites for hydroxylation is 1. The van der Waals surface area contributed by atoms with E-state index in [9.17, 15) is 17.6 Å². The van der Waals surface area contributed by atoms with Gasteiger partial charge in [0.05, 0.1) is 4.90 Å². The number of amides is 1. The summed E-state index contributed by atoms with van der Waals surface area (Å²) in [6.07, 6.45) is 6.02. The third-order valence-electron chi connectivity index (χ3n) is 5.77. The topological polar surface area (TPSA) is 66.5 Å². The molecule has 0 unspecified atom stereocenters. The maximum atomic E-state index is 13.1. The predicted octanol–water partition coefficient (Wildman–Crippen LogP) is 3.68. The van der Waals surface area contributed by atoms with Crippen LogP contribution < -0.4 is 4.72 Å². The Labute approximate surface area is 178 Å². The Bertz CT molecular complexity index is 937. The summed E-state index contributed by atoms with van der Waals surface area (Å²) in [5.41, 5.74) is 1.96. The van der Waals surface area contributed by atoms with E-state index in [0.29, 0.717) is 25.8 Å². The quantitative estimate of drug-likeness (QED) is 0.657. The molecule has 1 saturated carbocycles. The van der Waals surface area contributed by atoms with E-state index in [1.54, 1.807) is 36.4 Å². The van der Waals surface area contributed by atoms with E-state index in [-0.39, 0.29) is 22.7 Å². The van der Waals surface area contributed by atoms with Crippen molar-refractivity contribution < 1.29 is 17.6 Å². The second kappa shape index (κ2) is 10.2. The van der Waals surface area contributed by atoms with Gasteiger partial charge in [0.2, 0.25) is 15.9 Å². The van der Waals surface area contributed by atoms with Crippen molar-refractivity contribution in [2.75, 3.05) is 13.6 Å². The van der Waals surface area contributed by atoms with Crippen molar-refractivity contribution in [2.45, 2.75) is 55.9 Å². The molecule has 0 saturated heterocycles. The summed E-state index contributed by atoms with van der Waals surface area (Å²) in [6.45, 7) is 0.633. The van der Waals surface area contributed by atoms with E-state index in [2.05, 4.69) is 4.72 Å². The molecule has 162 valence electrons. The van der Waals surface area contributed by atoms with Crippen molar-refractivity contribution in [3.63, 3.8) is 0 Å². The Hall–Kier alpha value is -2.25. The smallest absolute Gasteiger partial charge is 0.240 e. The maximum absolute atomic E-state index is 13.1. The van der Waals surface area contributed by atoms with Crippen molar-refractivity contribution in [3.8, 4) is 0 Å². The van der Waals surface area contributed by atoms with Crippen LogP contribution in [0.15, 0.2) is 53.4 Å². The molecule has 7 heteroatoms. The van der Waals surface area contributed by atoms with E-state index < -0.39 is 10.0 Å². The average molecular weight is 433 g/mol. The maximum Gasteiger partial charge on any atom is 0.240 e. The predicted molar refractivity (Wildman–Crippen MR) is 115 cm³/mol. The summed E-state index contributed by atoms with van der Waals surface area (Å²) in [5, 5.41) is 0. The molecular weight excluding hydrogens is 403 g/mol. The molecule has 0 aromatic heterocycles. The number of hydrogen-bond donors (Lipinski definition) is 1. The van der Waals surface area contributed by atoms with Gasteiger partial charge in [-0.15, -0.1) is 0 Å². The van der Waals surface area contributed by atoms with Crippen LogP contribution >= 0.6 is 0 Å². The van der Waals surface area contributed by atoms with Gasteiger partial charge in [0.1, 0.15) is 5.82 Å². The second-order valence-corrected chi connectivity index (χ2v) is 9.64. The summed E-state index contributed by atoms with van der Waals surface area (Å²) in [5.74, 6) is -0.132. The first-order valence-electron chi connectivity index (χ1n) is 10.5. The van der Waals surface area contributed by atoms with Gasteiger partial charge >= 0.3 is 0 Å². The molecule has 2 aromatic rings. The molecule has 0 radical (unpaired) electrons. The first-order valence-corrected chi connectivity index (χ1v) is 11.9. The molecule has 1 aliphatic carbocycles. The molecule has 1 N–H and O–H groups in total. The van der Waals surface area contributed by atoms with Crippen molar-refractivity contribution in [3.05, 3.63) is 65.5 Å². The van der Waals surface area contributed by atoms with Crippen LogP contribution in [0.2, 0.25) is 0 Å². The molecule has 0 aliphatic heterocycles. The Morgan fingerprint density at radius 1 is 1.00 bits per heavy atom. The molecule has 0 heterocycles. The summed E-state index contributed by atoms with van der Waals surface area (Å²) < 4.78 is 39.1. The fraction of sp³-hybridized carbons (Fsp3) is 0.435. The number of nitrogens with zero attached hydrogens (tertiary/aromatic N) is 1. The summed E-state index contributed by atoms with van der Waals surface area (Å²) in [7, 11) is -2.08. The SMILES string of the molecule is CNS(=O)(=O)c1ccc(CCC(=O)N(CCc2ccc(F)cc2)C2CCCC2)cc1. The number of benzene rings is 2. The van der Waals surface area contributed by atoms with Crippen molar-refractivity contribution >= 4 is 15.9 Å². The first kappa shape index (κ1) is 22.4. The molecule has 0 bridgehead atoms. The summed E-state index contributed by atoms with van der Waals surface area (Å²) in [6, 6.07) is 13.4. The summed E-state index contributed by atoms with van der Waals surface area (Å²) >= 11 is 0. The molecule has 0 spiro atoms. The Balaban J connectivity index is 1.61. The van der Waals surface area contributed by atoms with Crippen LogP contribution in [-0.2, 0) is 27.7 Å². The zero-order valence-corrected chi connectivity index (χ0v) is 18.1. The van der Waals surface area contributed by atoms with Crippen LogP contribution in [0.1, 0.15) is 43.2 Å². The minimum Gasteiger partial charge on any atom is -0.339 e. The number of carbonyl (C=O) groups excluding carboxylic acids is 1. The van der Waals surface area contributed by atoms with Gasteiger partial charge in [-0.05, 0) is 68.1 Å². The number of carbonyl (C=O) groups is 1. The summed E-state index contributed by atoms with van der Waals surface area (Å²) in [4.78, 5) is 15.2. The zero-order chi connectivity index (χ0) is 21.6. The van der Waals surface area contributed by atoms with Gasteiger partial charge < -0.3 is 4.90 Å². The van der Waals surface area contributed by atoms with Crippen molar-refractivity contribution in [1.29, 1.82) is 0 Å². The zero-order valence-electron chi connectivity index (χ0n) is 17.3. The number of sulfonamides is 1. The minimum atomic E-state index is -3.46. The Morgan fingerprint density at radius 2 is 1.57 bits per heavy atom. The fourth-order valence-corrected chi connectivity index (χ4v) is 4.71. The lowest BCUT2D eigenvalue weighted by atomic mass is 10.1. The van der Waals surface area contributed by atoms with Crippen LogP contribution in [0.5, 0.6) is 0 Å². The van der Waals surface area contributed by atoms with Gasteiger partial charge in [0.15, 0.2) is 0 Å². The van der Waals surface area contributed by atoms with Gasteiger partial charge in [-0.2, -0.15) is 0 Å². The molecular formula is C23H29FN2O3S. The van der Waals surface area contributed by atoms with Gasteiger partial charge in [0.25, 0.3) is 0 Å². The highest BCUT2D eigenvalue weighted by molar-refractivity contribution is 7.89. The van der Waals surface area contributed by atoms with Crippen LogP contribution in [0.25, 0.3) is 0 Å². The van der Waals surface area contributed by atoms with Gasteiger partial charge in [-0.3, -0.25) is 4.79 Å². The lowest BCUT2D eigenvalue weighted by molar-refractivity contribution is -0.133. The van der Waals surface area contributed by atoms with Crippen LogP contribution in [0.4, 0.5) is 4.39 Å². The third-order valence-corrected chi connectivity index (χ3v) is 7.20. The second-order valence-electron chi connectivity index (χ2n) is 7.75. The van der Waals surface area contributed by atoms with Gasteiger partial charge in [-0.1, -0.05) is 37.1 Å². The van der Waals surface area contributed by atoms with E-state index in [0.717, 1.165) is 36.8 Å². The van der Waals surface area contributed by atoms with Crippen LogP contribution in [0, 0.1) is 5.82 Å². The molecule has 3 rings (SSSR count). The highest BCUT2D eigenvalue weighted by Gasteiger charge is 2.26. The molecule has 2 aromatic carbocycles. The van der Waals surface area contributed by atoms with Crippen LogP contribution in [-0.4, -0.2) is 38.9 Å². The monoisotopic (exact) mass is 432 g/mol. The molecule has 0 atom stereocenters. The standard InChI is InChI=1S/C23H29FN2O3S/c1-25-30(28,29)22-13-8-18(9-14-22)10-15-23(27)26(21-4-2-3-5-21)17-16-19-6-11-20(24)12-7-19/h6-9,11-14,21,25H,2-5,10,15-17H2,1H3. The van der Waals surface area contributed by atoms with Gasteiger partial charge in [0, 0.05) is 19.0 Å². The van der Waals surface area contributed by atoms with Crippen molar-refractivity contribution in [1.82, 2.24) is 9.62 Å². The third kappa shape index (κ3) is 5.89. The fourth-order valence-electron chi connectivity index (χ4n) is 3.98. The first-order chi connectivity index (χ1) is 14.4. The van der Waals surface area contributed by atoms with E-state index >= 15 is 0 Å².